The molecule has 0 unspecified atom stereocenters. The molecule has 0 atom stereocenters. The van der Waals surface area contributed by atoms with Gasteiger partial charge in [0.1, 0.15) is 0 Å². The minimum absolute atomic E-state index is 0.771. The molecule has 0 heterocycles. The van der Waals surface area contributed by atoms with Crippen LogP contribution in [0.2, 0.25) is 5.02 Å². The van der Waals surface area contributed by atoms with Crippen LogP contribution in [0.25, 0.3) is 0 Å². The Kier molecular flexibility index (Phi) is 2.14. The second kappa shape index (κ2) is 2.69. The smallest absolute Gasteiger partial charge is 0.0416 e. The van der Waals surface area contributed by atoms with E-state index in [1.165, 1.54) is 0 Å². The van der Waals surface area contributed by atoms with E-state index in [1.54, 1.807) is 0 Å². The van der Waals surface area contributed by atoms with Crippen LogP contribution in [-0.2, 0) is 0 Å². The Labute approximate surface area is 67.0 Å². The summed E-state index contributed by atoms with van der Waals surface area (Å²) in [4.78, 5) is 0. The third-order valence-corrected chi connectivity index (χ3v) is 1.59. The van der Waals surface area contributed by atoms with Crippen LogP contribution in [0, 0.1) is 9.64 Å². The first-order valence-corrected chi connectivity index (χ1v) is 3.57. The van der Waals surface area contributed by atoms with Crippen molar-refractivity contribution in [3.8, 4) is 0 Å². The van der Waals surface area contributed by atoms with Gasteiger partial charge in [-0.3, -0.25) is 0 Å². The second-order valence-corrected chi connectivity index (χ2v) is 2.95. The van der Waals surface area contributed by atoms with Crippen molar-refractivity contribution >= 4 is 34.2 Å². The van der Waals surface area contributed by atoms with E-state index in [-0.39, 0.29) is 0 Å². The SMILES string of the molecule is Clc1cc[c]c(I)c1. The zero-order valence-corrected chi connectivity index (χ0v) is 6.90. The van der Waals surface area contributed by atoms with Crippen LogP contribution in [0.5, 0.6) is 0 Å². The molecular weight excluding hydrogens is 234 g/mol. The number of benzene rings is 1. The zero-order valence-electron chi connectivity index (χ0n) is 3.99. The van der Waals surface area contributed by atoms with E-state index in [0.29, 0.717) is 0 Å². The maximum atomic E-state index is 5.62. The summed E-state index contributed by atoms with van der Waals surface area (Å²) < 4.78 is 1.05. The van der Waals surface area contributed by atoms with Gasteiger partial charge in [-0.25, -0.2) is 0 Å². The molecule has 1 radical (unpaired) electrons. The van der Waals surface area contributed by atoms with E-state index in [2.05, 4.69) is 28.7 Å². The Morgan fingerprint density at radius 3 is 2.75 bits per heavy atom. The normalized spacial score (nSPS) is 9.25. The van der Waals surface area contributed by atoms with Crippen molar-refractivity contribution in [1.82, 2.24) is 0 Å². The largest absolute Gasteiger partial charge is 0.0843 e. The summed E-state index contributed by atoms with van der Waals surface area (Å²) in [7, 11) is 0. The van der Waals surface area contributed by atoms with Gasteiger partial charge in [-0.15, -0.1) is 0 Å². The van der Waals surface area contributed by atoms with E-state index in [0.717, 1.165) is 8.59 Å². The van der Waals surface area contributed by atoms with Gasteiger partial charge in [0.25, 0.3) is 0 Å². The molecule has 0 amide bonds. The van der Waals surface area contributed by atoms with Gasteiger partial charge in [-0.05, 0) is 40.8 Å². The van der Waals surface area contributed by atoms with Crippen molar-refractivity contribution in [2.75, 3.05) is 0 Å². The number of hydrogen-bond acceptors (Lipinski definition) is 0. The van der Waals surface area contributed by atoms with Crippen molar-refractivity contribution in [2.24, 2.45) is 0 Å². The van der Waals surface area contributed by atoms with Crippen molar-refractivity contribution < 1.29 is 0 Å². The maximum absolute atomic E-state index is 5.62. The molecule has 2 heteroatoms. The van der Waals surface area contributed by atoms with E-state index in [1.807, 2.05) is 18.2 Å². The molecule has 0 fully saturated rings. The Hall–Kier alpha value is 0.240. The Balaban J connectivity index is 3.08. The summed E-state index contributed by atoms with van der Waals surface area (Å²) >= 11 is 7.79. The van der Waals surface area contributed by atoms with Crippen molar-refractivity contribution in [3.05, 3.63) is 32.9 Å². The minimum atomic E-state index is 0.771. The fraction of sp³-hybridized carbons (Fsp3) is 0. The van der Waals surface area contributed by atoms with Gasteiger partial charge in [0, 0.05) is 8.59 Å². The highest BCUT2D eigenvalue weighted by Gasteiger charge is 1.85. The quantitative estimate of drug-likeness (QED) is 0.609. The Morgan fingerprint density at radius 1 is 1.62 bits per heavy atom. The molecule has 0 saturated carbocycles. The molecule has 0 aliphatic heterocycles. The molecule has 1 aromatic carbocycles. The summed E-state index contributed by atoms with van der Waals surface area (Å²) in [6.45, 7) is 0. The highest BCUT2D eigenvalue weighted by molar-refractivity contribution is 14.1. The maximum Gasteiger partial charge on any atom is 0.0416 e. The highest BCUT2D eigenvalue weighted by Crippen LogP contribution is 2.10. The minimum Gasteiger partial charge on any atom is -0.0843 e. The van der Waals surface area contributed by atoms with Crippen LogP contribution in [0.15, 0.2) is 18.2 Å². The van der Waals surface area contributed by atoms with Crippen LogP contribution in [-0.4, -0.2) is 0 Å². The van der Waals surface area contributed by atoms with Gasteiger partial charge in [0.15, 0.2) is 0 Å². The Morgan fingerprint density at radius 2 is 2.38 bits per heavy atom. The standard InChI is InChI=1S/C6H3ClI/c7-5-2-1-3-6(8)4-5/h1-2,4H. The molecule has 0 N–H and O–H groups in total. The van der Waals surface area contributed by atoms with Crippen molar-refractivity contribution in [2.45, 2.75) is 0 Å². The third kappa shape index (κ3) is 1.63. The van der Waals surface area contributed by atoms with Gasteiger partial charge in [0.2, 0.25) is 0 Å². The lowest BCUT2D eigenvalue weighted by atomic mass is 10.4. The predicted molar refractivity (Wildman–Crippen MR) is 43.0 cm³/mol. The van der Waals surface area contributed by atoms with Gasteiger partial charge in [0.05, 0.1) is 0 Å². The van der Waals surface area contributed by atoms with E-state index >= 15 is 0 Å². The number of hydrogen-bond donors (Lipinski definition) is 0. The topological polar surface area (TPSA) is 0 Å². The highest BCUT2D eigenvalue weighted by atomic mass is 127. The molecule has 0 aromatic heterocycles. The van der Waals surface area contributed by atoms with Crippen LogP contribution >= 0.6 is 34.2 Å². The molecule has 41 valence electrons. The summed E-state index contributed by atoms with van der Waals surface area (Å²) in [5.74, 6) is 0. The molecule has 0 saturated heterocycles. The average molecular weight is 237 g/mol. The molecule has 0 nitrogen and oxygen atoms in total. The van der Waals surface area contributed by atoms with E-state index < -0.39 is 0 Å². The summed E-state index contributed by atoms with van der Waals surface area (Å²) in [6, 6.07) is 8.46. The lowest BCUT2D eigenvalue weighted by Gasteiger charge is -1.86. The second-order valence-electron chi connectivity index (χ2n) is 1.35. The van der Waals surface area contributed by atoms with E-state index in [9.17, 15) is 0 Å². The molecule has 8 heavy (non-hydrogen) atoms. The fourth-order valence-corrected chi connectivity index (χ4v) is 1.28. The fourth-order valence-electron chi connectivity index (χ4n) is 0.412. The van der Waals surface area contributed by atoms with Crippen LogP contribution in [0.4, 0.5) is 0 Å². The average Bonchev–Trinajstić information content (AvgIpc) is 1.64. The lowest BCUT2D eigenvalue weighted by Crippen LogP contribution is -1.66. The first kappa shape index (κ1) is 6.36. The first-order valence-electron chi connectivity index (χ1n) is 2.12. The molecule has 0 bridgehead atoms. The van der Waals surface area contributed by atoms with Crippen LogP contribution < -0.4 is 0 Å². The summed E-state index contributed by atoms with van der Waals surface area (Å²) in [5.41, 5.74) is 0. The molecule has 1 aromatic rings. The van der Waals surface area contributed by atoms with Crippen LogP contribution in [0.1, 0.15) is 0 Å². The van der Waals surface area contributed by atoms with Gasteiger partial charge in [-0.2, -0.15) is 0 Å². The first-order chi connectivity index (χ1) is 3.79. The van der Waals surface area contributed by atoms with Gasteiger partial charge < -0.3 is 0 Å². The monoisotopic (exact) mass is 237 g/mol. The van der Waals surface area contributed by atoms with Crippen molar-refractivity contribution in [3.63, 3.8) is 0 Å². The number of rotatable bonds is 0. The summed E-state index contributed by atoms with van der Waals surface area (Å²) in [5, 5.41) is 0.771. The Bertz CT molecular complexity index is 168. The van der Waals surface area contributed by atoms with Gasteiger partial charge >= 0.3 is 0 Å². The molecule has 1 rings (SSSR count). The summed E-state index contributed by atoms with van der Waals surface area (Å²) in [6.07, 6.45) is 0. The zero-order chi connectivity index (χ0) is 5.98. The molecule has 0 spiro atoms. The molecule has 0 aliphatic carbocycles. The predicted octanol–water partition coefficient (Wildman–Crippen LogP) is 2.74. The molecular formula is C6H3ClI. The number of halogens is 2. The van der Waals surface area contributed by atoms with Crippen LogP contribution in [0.3, 0.4) is 0 Å². The van der Waals surface area contributed by atoms with Crippen molar-refractivity contribution in [1.29, 1.82) is 0 Å². The lowest BCUT2D eigenvalue weighted by molar-refractivity contribution is 1.63. The third-order valence-electron chi connectivity index (χ3n) is 0.728. The van der Waals surface area contributed by atoms with E-state index in [4.69, 9.17) is 11.6 Å². The van der Waals surface area contributed by atoms with Gasteiger partial charge in [-0.1, -0.05) is 17.7 Å². The molecule has 0 aliphatic rings.